The third-order valence-electron chi connectivity index (χ3n) is 8.51. The maximum atomic E-state index is 14.4. The predicted molar refractivity (Wildman–Crippen MR) is 172 cm³/mol. The van der Waals surface area contributed by atoms with Crippen molar-refractivity contribution in [2.45, 2.75) is 96.7 Å². The molecular weight excluding hydrogens is 558 g/mol. The van der Waals surface area contributed by atoms with Gasteiger partial charge in [-0.1, -0.05) is 85.8 Å². The highest BCUT2D eigenvalue weighted by Gasteiger charge is 2.35. The van der Waals surface area contributed by atoms with Gasteiger partial charge in [-0.15, -0.1) is 0 Å². The van der Waals surface area contributed by atoms with Crippen molar-refractivity contribution < 1.29 is 18.0 Å². The van der Waals surface area contributed by atoms with Gasteiger partial charge in [-0.3, -0.25) is 13.9 Å². The van der Waals surface area contributed by atoms with E-state index in [1.807, 2.05) is 65.0 Å². The third kappa shape index (κ3) is 7.85. The second kappa shape index (κ2) is 14.2. The molecule has 8 heteroatoms. The number of nitrogens with one attached hydrogen (secondary N) is 1. The normalized spacial score (nSPS) is 14.6. The average Bonchev–Trinajstić information content (AvgIpc) is 2.98. The first-order valence-electron chi connectivity index (χ1n) is 15.3. The van der Waals surface area contributed by atoms with Crippen molar-refractivity contribution in [3.8, 4) is 0 Å². The lowest BCUT2D eigenvalue weighted by Crippen LogP contribution is -2.54. The number of sulfonamides is 1. The van der Waals surface area contributed by atoms with Gasteiger partial charge in [-0.2, -0.15) is 0 Å². The second-order valence-electron chi connectivity index (χ2n) is 11.8. The number of hydrogen-bond acceptors (Lipinski definition) is 4. The van der Waals surface area contributed by atoms with E-state index < -0.39 is 28.5 Å². The molecule has 0 unspecified atom stereocenters. The minimum Gasteiger partial charge on any atom is -0.352 e. The molecule has 0 radical (unpaired) electrons. The average molecular weight is 604 g/mol. The lowest BCUT2D eigenvalue weighted by Gasteiger charge is -2.35. The lowest BCUT2D eigenvalue weighted by molar-refractivity contribution is -0.140. The fourth-order valence-electron chi connectivity index (χ4n) is 5.83. The molecule has 4 rings (SSSR count). The first kappa shape index (κ1) is 32.3. The highest BCUT2D eigenvalue weighted by Crippen LogP contribution is 2.29. The molecule has 43 heavy (non-hydrogen) atoms. The van der Waals surface area contributed by atoms with Crippen molar-refractivity contribution in [1.29, 1.82) is 0 Å². The largest absolute Gasteiger partial charge is 0.352 e. The van der Waals surface area contributed by atoms with Crippen LogP contribution in [0.25, 0.3) is 0 Å². The molecule has 230 valence electrons. The summed E-state index contributed by atoms with van der Waals surface area (Å²) in [6.45, 7) is 9.33. The van der Waals surface area contributed by atoms with Crippen LogP contribution in [0.15, 0.2) is 71.6 Å². The zero-order valence-corrected chi connectivity index (χ0v) is 26.9. The topological polar surface area (TPSA) is 86.8 Å². The zero-order chi connectivity index (χ0) is 31.1. The number of anilines is 1. The van der Waals surface area contributed by atoms with Crippen LogP contribution in [0.3, 0.4) is 0 Å². The van der Waals surface area contributed by atoms with Crippen LogP contribution < -0.4 is 9.62 Å². The van der Waals surface area contributed by atoms with Crippen molar-refractivity contribution in [3.63, 3.8) is 0 Å². The van der Waals surface area contributed by atoms with Gasteiger partial charge in [0.25, 0.3) is 10.0 Å². The second-order valence-corrected chi connectivity index (χ2v) is 13.7. The minimum absolute atomic E-state index is 0.0968. The summed E-state index contributed by atoms with van der Waals surface area (Å²) in [5, 5.41) is 3.20. The fraction of sp³-hybridized carbons (Fsp3) is 0.429. The van der Waals surface area contributed by atoms with Crippen LogP contribution in [0, 0.1) is 27.7 Å². The van der Waals surface area contributed by atoms with Crippen molar-refractivity contribution in [2.75, 3.05) is 10.8 Å². The van der Waals surface area contributed by atoms with Crippen LogP contribution in [-0.2, 0) is 26.2 Å². The molecule has 0 spiro atoms. The smallest absolute Gasteiger partial charge is 0.264 e. The number of carbonyl (C=O) groups excluding carboxylic acids is 2. The van der Waals surface area contributed by atoms with Crippen molar-refractivity contribution in [2.24, 2.45) is 0 Å². The molecule has 3 aromatic carbocycles. The van der Waals surface area contributed by atoms with E-state index in [0.29, 0.717) is 12.1 Å². The molecule has 0 bridgehead atoms. The number of amides is 2. The van der Waals surface area contributed by atoms with E-state index in [2.05, 4.69) is 5.32 Å². The zero-order valence-electron chi connectivity index (χ0n) is 26.1. The predicted octanol–water partition coefficient (Wildman–Crippen LogP) is 6.37. The molecule has 1 aliphatic rings. The van der Waals surface area contributed by atoms with Gasteiger partial charge < -0.3 is 10.2 Å². The Morgan fingerprint density at radius 3 is 2.21 bits per heavy atom. The maximum absolute atomic E-state index is 14.4. The quantitative estimate of drug-likeness (QED) is 0.276. The van der Waals surface area contributed by atoms with Gasteiger partial charge in [0.05, 0.1) is 10.6 Å². The summed E-state index contributed by atoms with van der Waals surface area (Å²) in [4.78, 5) is 29.8. The minimum atomic E-state index is -4.11. The van der Waals surface area contributed by atoms with Gasteiger partial charge in [0.2, 0.25) is 11.8 Å². The third-order valence-corrected chi connectivity index (χ3v) is 10.3. The summed E-state index contributed by atoms with van der Waals surface area (Å²) in [7, 11) is -4.11. The van der Waals surface area contributed by atoms with Crippen LogP contribution in [0.5, 0.6) is 0 Å². The Balaban J connectivity index is 1.74. The summed E-state index contributed by atoms with van der Waals surface area (Å²) in [6, 6.07) is 19.3. The molecule has 0 aromatic heterocycles. The summed E-state index contributed by atoms with van der Waals surface area (Å²) in [5.41, 5.74) is 5.01. The van der Waals surface area contributed by atoms with Crippen molar-refractivity contribution in [1.82, 2.24) is 10.2 Å². The first-order chi connectivity index (χ1) is 20.5. The molecule has 1 N–H and O–H groups in total. The van der Waals surface area contributed by atoms with Crippen molar-refractivity contribution >= 4 is 27.5 Å². The molecular formula is C35H45N3O4S. The highest BCUT2D eigenvalue weighted by molar-refractivity contribution is 7.92. The SMILES string of the molecule is CC[C@@H](C(=O)NC1CCCCC1)N(Cc1cccc(C)c1)C(=O)CN(c1cccc(C)c1C)S(=O)(=O)c1ccc(C)cc1. The van der Waals surface area contributed by atoms with Crippen molar-refractivity contribution in [3.05, 3.63) is 94.5 Å². The van der Waals surface area contributed by atoms with Gasteiger partial charge in [-0.25, -0.2) is 8.42 Å². The number of benzene rings is 3. The van der Waals surface area contributed by atoms with Gasteiger partial charge in [0.1, 0.15) is 12.6 Å². The molecule has 0 aliphatic heterocycles. The van der Waals surface area contributed by atoms with Crippen LogP contribution >= 0.6 is 0 Å². The van der Waals surface area contributed by atoms with E-state index in [9.17, 15) is 18.0 Å². The van der Waals surface area contributed by atoms with Gasteiger partial charge in [-0.05, 0) is 81.8 Å². The molecule has 0 saturated heterocycles. The number of hydrogen-bond donors (Lipinski definition) is 1. The Bertz CT molecular complexity index is 1530. The van der Waals surface area contributed by atoms with Crippen LogP contribution in [0.2, 0.25) is 0 Å². The van der Waals surface area contributed by atoms with Gasteiger partial charge in [0, 0.05) is 12.6 Å². The van der Waals surface area contributed by atoms with Crippen LogP contribution in [-0.4, -0.2) is 43.8 Å². The molecule has 1 saturated carbocycles. The Morgan fingerprint density at radius 1 is 0.884 bits per heavy atom. The lowest BCUT2D eigenvalue weighted by atomic mass is 9.95. The molecule has 3 aromatic rings. The number of rotatable bonds is 11. The molecule has 0 heterocycles. The van der Waals surface area contributed by atoms with E-state index in [1.54, 1.807) is 41.3 Å². The molecule has 7 nitrogen and oxygen atoms in total. The summed E-state index contributed by atoms with van der Waals surface area (Å²) < 4.78 is 29.6. The van der Waals surface area contributed by atoms with Gasteiger partial charge in [0.15, 0.2) is 0 Å². The molecule has 1 aliphatic carbocycles. The summed E-state index contributed by atoms with van der Waals surface area (Å²) in [5.74, 6) is -0.612. The van der Waals surface area contributed by atoms with E-state index in [1.165, 1.54) is 10.7 Å². The Labute approximate surface area is 257 Å². The number of nitrogens with zero attached hydrogens (tertiary/aromatic N) is 2. The van der Waals surface area contributed by atoms with Crippen LogP contribution in [0.4, 0.5) is 5.69 Å². The first-order valence-corrected chi connectivity index (χ1v) is 16.8. The Hall–Kier alpha value is -3.65. The standard InChI is InChI=1S/C35H45N3O4S/c1-6-32(35(40)36-30-15-8-7-9-16-30)37(23-29-14-10-12-26(3)22-29)34(39)24-38(33-17-11-13-27(4)28(33)5)43(41,42)31-20-18-25(2)19-21-31/h10-14,17-22,30,32H,6-9,15-16,23-24H2,1-5H3,(H,36,40)/t32-/m0/s1. The monoisotopic (exact) mass is 603 g/mol. The molecule has 1 fully saturated rings. The summed E-state index contributed by atoms with van der Waals surface area (Å²) in [6.07, 6.45) is 5.60. The van der Waals surface area contributed by atoms with E-state index in [-0.39, 0.29) is 23.4 Å². The molecule has 1 atom stereocenters. The number of aryl methyl sites for hydroxylation is 3. The summed E-state index contributed by atoms with van der Waals surface area (Å²) >= 11 is 0. The maximum Gasteiger partial charge on any atom is 0.264 e. The highest BCUT2D eigenvalue weighted by atomic mass is 32.2. The van der Waals surface area contributed by atoms with Crippen LogP contribution in [0.1, 0.15) is 73.3 Å². The number of carbonyl (C=O) groups is 2. The van der Waals surface area contributed by atoms with E-state index in [4.69, 9.17) is 0 Å². The Morgan fingerprint density at radius 2 is 1.56 bits per heavy atom. The fourth-order valence-corrected chi connectivity index (χ4v) is 7.30. The van der Waals surface area contributed by atoms with E-state index >= 15 is 0 Å². The Kier molecular flexibility index (Phi) is 10.7. The van der Waals surface area contributed by atoms with E-state index in [0.717, 1.165) is 53.5 Å². The molecule has 2 amide bonds. The van der Waals surface area contributed by atoms with Gasteiger partial charge >= 0.3 is 0 Å².